The highest BCUT2D eigenvalue weighted by Gasteiger charge is 2.21. The van der Waals surface area contributed by atoms with Crippen molar-refractivity contribution in [1.82, 2.24) is 9.13 Å². The van der Waals surface area contributed by atoms with Gasteiger partial charge in [0.1, 0.15) is 16.7 Å². The first kappa shape index (κ1) is 31.4. The molecule has 0 amide bonds. The van der Waals surface area contributed by atoms with Gasteiger partial charge in [-0.05, 0) is 77.4 Å². The highest BCUT2D eigenvalue weighted by Crippen LogP contribution is 2.44. The van der Waals surface area contributed by atoms with Gasteiger partial charge in [-0.3, -0.25) is 0 Å². The molecule has 4 heterocycles. The van der Waals surface area contributed by atoms with E-state index in [4.69, 9.17) is 8.83 Å². The molecule has 4 heteroatoms. The fraction of sp³-hybridized carbons (Fsp3) is 0. The summed E-state index contributed by atoms with van der Waals surface area (Å²) in [5.41, 5.74) is 14.9. The predicted molar refractivity (Wildman–Crippen MR) is 241 cm³/mol. The predicted octanol–water partition coefficient (Wildman–Crippen LogP) is 15.0. The number of aromatic nitrogens is 2. The lowest BCUT2D eigenvalue weighted by molar-refractivity contribution is 0.666. The Balaban J connectivity index is 1.02. The maximum atomic E-state index is 6.83. The number of fused-ring (bicyclic) bond motifs is 12. The quantitative estimate of drug-likeness (QED) is 0.180. The average Bonchev–Trinajstić information content (AvgIpc) is 4.04. The Bertz CT molecular complexity index is 3800. The largest absolute Gasteiger partial charge is 0.455 e. The van der Waals surface area contributed by atoms with Gasteiger partial charge < -0.3 is 18.0 Å². The second-order valence-electron chi connectivity index (χ2n) is 15.2. The van der Waals surface area contributed by atoms with Crippen molar-refractivity contribution in [2.75, 3.05) is 0 Å². The van der Waals surface area contributed by atoms with Crippen molar-refractivity contribution in [2.45, 2.75) is 0 Å². The number of hydrogen-bond acceptors (Lipinski definition) is 2. The van der Waals surface area contributed by atoms with Crippen LogP contribution in [0.25, 0.3) is 121 Å². The summed E-state index contributed by atoms with van der Waals surface area (Å²) >= 11 is 0. The number of hydrogen-bond donors (Lipinski definition) is 0. The topological polar surface area (TPSA) is 36.1 Å². The van der Waals surface area contributed by atoms with Gasteiger partial charge in [-0.25, -0.2) is 0 Å². The third kappa shape index (κ3) is 4.34. The van der Waals surface area contributed by atoms with E-state index in [1.54, 1.807) is 0 Å². The first-order valence-electron chi connectivity index (χ1n) is 19.8. The maximum Gasteiger partial charge on any atom is 0.159 e. The molecule has 4 nitrogen and oxygen atoms in total. The van der Waals surface area contributed by atoms with Crippen molar-refractivity contribution in [3.05, 3.63) is 194 Å². The SMILES string of the molecule is c1ccc(-n2c3ccccc3c3ccc(-c4cccc5c4c4ccccc4n5-c4cccc5c4oc4ccc(-c6cccc7c6oc6ccccc67)cc45)cc32)cc1. The van der Waals surface area contributed by atoms with Crippen LogP contribution in [0.2, 0.25) is 0 Å². The molecule has 0 radical (unpaired) electrons. The molecular weight excluding hydrogens is 709 g/mol. The zero-order chi connectivity index (χ0) is 37.9. The Labute approximate surface area is 332 Å². The van der Waals surface area contributed by atoms with Crippen molar-refractivity contribution in [3.63, 3.8) is 0 Å². The lowest BCUT2D eigenvalue weighted by Gasteiger charge is -2.11. The molecule has 0 bridgehead atoms. The first-order chi connectivity index (χ1) is 28.8. The lowest BCUT2D eigenvalue weighted by Crippen LogP contribution is -1.94. The van der Waals surface area contributed by atoms with Gasteiger partial charge in [-0.1, -0.05) is 133 Å². The van der Waals surface area contributed by atoms with E-state index in [-0.39, 0.29) is 0 Å². The van der Waals surface area contributed by atoms with Gasteiger partial charge in [-0.15, -0.1) is 0 Å². The van der Waals surface area contributed by atoms with Crippen LogP contribution in [0.1, 0.15) is 0 Å². The Morgan fingerprint density at radius 2 is 0.897 bits per heavy atom. The van der Waals surface area contributed by atoms with E-state index in [1.165, 1.54) is 43.7 Å². The van der Waals surface area contributed by atoms with E-state index in [0.717, 1.165) is 77.4 Å². The van der Waals surface area contributed by atoms with Crippen molar-refractivity contribution >= 4 is 87.5 Å². The second kappa shape index (κ2) is 11.8. The van der Waals surface area contributed by atoms with Crippen LogP contribution in [0.4, 0.5) is 0 Å². The normalized spacial score (nSPS) is 12.1. The van der Waals surface area contributed by atoms with Crippen LogP contribution in [0.15, 0.2) is 203 Å². The Morgan fingerprint density at radius 3 is 1.78 bits per heavy atom. The van der Waals surface area contributed by atoms with Gasteiger partial charge in [0, 0.05) is 54.3 Å². The third-order valence-electron chi connectivity index (χ3n) is 12.1. The minimum absolute atomic E-state index is 0.853. The molecule has 4 aromatic heterocycles. The van der Waals surface area contributed by atoms with Crippen molar-refractivity contribution in [3.8, 4) is 33.6 Å². The van der Waals surface area contributed by atoms with Crippen molar-refractivity contribution in [1.29, 1.82) is 0 Å². The van der Waals surface area contributed by atoms with E-state index in [2.05, 4.69) is 191 Å². The van der Waals surface area contributed by atoms with Crippen LogP contribution >= 0.6 is 0 Å². The van der Waals surface area contributed by atoms with E-state index < -0.39 is 0 Å². The lowest BCUT2D eigenvalue weighted by atomic mass is 9.98. The molecule has 0 fully saturated rings. The summed E-state index contributed by atoms with van der Waals surface area (Å²) in [5.74, 6) is 0. The summed E-state index contributed by atoms with van der Waals surface area (Å²) < 4.78 is 18.0. The molecule has 270 valence electrons. The molecule has 0 aliphatic heterocycles. The standard InChI is InChI=1S/C54H32N2O2/c1-2-13-35(14-3-1)55-45-22-7-4-15-38(45)39-29-27-34(32-49(39)55)36-18-11-24-47-52(36)43-17-5-8-23-46(43)56(47)48-25-12-21-42-44-31-33(28-30-51(44)58-54(42)48)37-19-10-20-41-40-16-6-9-26-50(40)57-53(37)41/h1-32H. The van der Waals surface area contributed by atoms with Crippen LogP contribution in [0, 0.1) is 0 Å². The molecule has 9 aromatic carbocycles. The molecule has 0 spiro atoms. The van der Waals surface area contributed by atoms with Gasteiger partial charge in [0.05, 0.1) is 27.8 Å². The van der Waals surface area contributed by atoms with Gasteiger partial charge in [-0.2, -0.15) is 0 Å². The van der Waals surface area contributed by atoms with E-state index in [1.807, 2.05) is 12.1 Å². The zero-order valence-electron chi connectivity index (χ0n) is 31.2. The molecule has 0 saturated carbocycles. The minimum atomic E-state index is 0.853. The Hall–Kier alpha value is -7.82. The summed E-state index contributed by atoms with van der Waals surface area (Å²) in [6, 6.07) is 69.4. The fourth-order valence-corrected chi connectivity index (χ4v) is 9.61. The van der Waals surface area contributed by atoms with Crippen LogP contribution in [0.3, 0.4) is 0 Å². The molecule has 58 heavy (non-hydrogen) atoms. The molecule has 0 aliphatic rings. The molecule has 0 saturated heterocycles. The van der Waals surface area contributed by atoms with E-state index >= 15 is 0 Å². The molecule has 0 atom stereocenters. The van der Waals surface area contributed by atoms with Crippen LogP contribution < -0.4 is 0 Å². The number of furan rings is 2. The number of benzene rings is 9. The van der Waals surface area contributed by atoms with Gasteiger partial charge >= 0.3 is 0 Å². The summed E-state index contributed by atoms with van der Waals surface area (Å²) in [6.07, 6.45) is 0. The van der Waals surface area contributed by atoms with Crippen molar-refractivity contribution in [2.24, 2.45) is 0 Å². The summed E-state index contributed by atoms with van der Waals surface area (Å²) in [6.45, 7) is 0. The molecule has 0 unspecified atom stereocenters. The Kier molecular flexibility index (Phi) is 6.41. The van der Waals surface area contributed by atoms with E-state index in [9.17, 15) is 0 Å². The van der Waals surface area contributed by atoms with Crippen LogP contribution in [0.5, 0.6) is 0 Å². The van der Waals surface area contributed by atoms with Crippen LogP contribution in [-0.2, 0) is 0 Å². The number of rotatable bonds is 4. The van der Waals surface area contributed by atoms with Gasteiger partial charge in [0.25, 0.3) is 0 Å². The molecule has 0 aliphatic carbocycles. The summed E-state index contributed by atoms with van der Waals surface area (Å²) in [4.78, 5) is 0. The minimum Gasteiger partial charge on any atom is -0.455 e. The van der Waals surface area contributed by atoms with Crippen LogP contribution in [-0.4, -0.2) is 9.13 Å². The third-order valence-corrected chi connectivity index (χ3v) is 12.1. The number of para-hydroxylation sites is 6. The smallest absolute Gasteiger partial charge is 0.159 e. The van der Waals surface area contributed by atoms with E-state index in [0.29, 0.717) is 0 Å². The molecule has 13 rings (SSSR count). The van der Waals surface area contributed by atoms with Gasteiger partial charge in [0.2, 0.25) is 0 Å². The average molecular weight is 741 g/mol. The zero-order valence-corrected chi connectivity index (χ0v) is 31.2. The summed E-state index contributed by atoms with van der Waals surface area (Å²) in [5, 5.41) is 9.31. The monoisotopic (exact) mass is 740 g/mol. The second-order valence-corrected chi connectivity index (χ2v) is 15.2. The molecular formula is C54H32N2O2. The maximum absolute atomic E-state index is 6.83. The number of nitrogens with zero attached hydrogens (tertiary/aromatic N) is 2. The van der Waals surface area contributed by atoms with Gasteiger partial charge in [0.15, 0.2) is 5.58 Å². The highest BCUT2D eigenvalue weighted by molar-refractivity contribution is 6.19. The summed E-state index contributed by atoms with van der Waals surface area (Å²) in [7, 11) is 0. The Morgan fingerprint density at radius 1 is 0.310 bits per heavy atom. The van der Waals surface area contributed by atoms with Crippen molar-refractivity contribution < 1.29 is 8.83 Å². The highest BCUT2D eigenvalue weighted by atomic mass is 16.3. The fourth-order valence-electron chi connectivity index (χ4n) is 9.61. The molecule has 0 N–H and O–H groups in total. The first-order valence-corrected chi connectivity index (χ1v) is 19.8. The molecule has 13 aromatic rings.